The zero-order chi connectivity index (χ0) is 14.8. The second kappa shape index (κ2) is 5.76. The van der Waals surface area contributed by atoms with Gasteiger partial charge in [0.2, 0.25) is 15.9 Å². The number of sulfonamides is 1. The van der Waals surface area contributed by atoms with Crippen molar-refractivity contribution in [3.05, 3.63) is 0 Å². The lowest BCUT2D eigenvalue weighted by Gasteiger charge is -2.33. The molecule has 0 spiro atoms. The number of amides is 1. The Kier molecular flexibility index (Phi) is 4.97. The standard InChI is InChI=1S/C12H25N3O3S/c1-12(2,3)10(13)11(16)14-9-5-7-15(8-6-9)19(4,17)18/h9-10H,5-8,13H2,1-4H3,(H,14,16). The quantitative estimate of drug-likeness (QED) is 0.759. The number of carbonyl (C=O) groups is 1. The molecular weight excluding hydrogens is 266 g/mol. The maximum absolute atomic E-state index is 12.0. The SMILES string of the molecule is CC(C)(C)C(N)C(=O)NC1CCN(S(C)(=O)=O)CC1. The number of rotatable bonds is 3. The van der Waals surface area contributed by atoms with Crippen molar-refractivity contribution in [1.29, 1.82) is 0 Å². The first kappa shape index (κ1) is 16.4. The lowest BCUT2D eigenvalue weighted by atomic mass is 9.86. The van der Waals surface area contributed by atoms with Gasteiger partial charge < -0.3 is 11.1 Å². The van der Waals surface area contributed by atoms with E-state index in [2.05, 4.69) is 5.32 Å². The number of hydrogen-bond donors (Lipinski definition) is 2. The Balaban J connectivity index is 2.48. The second-order valence-electron chi connectivity index (χ2n) is 6.29. The first-order valence-electron chi connectivity index (χ1n) is 6.53. The molecule has 0 aromatic carbocycles. The van der Waals surface area contributed by atoms with Crippen molar-refractivity contribution in [1.82, 2.24) is 9.62 Å². The van der Waals surface area contributed by atoms with Gasteiger partial charge in [0.15, 0.2) is 0 Å². The number of nitrogens with one attached hydrogen (secondary N) is 1. The van der Waals surface area contributed by atoms with E-state index in [1.165, 1.54) is 10.6 Å². The van der Waals surface area contributed by atoms with Crippen molar-refractivity contribution in [3.8, 4) is 0 Å². The highest BCUT2D eigenvalue weighted by molar-refractivity contribution is 7.88. The molecule has 1 rings (SSSR count). The Morgan fingerprint density at radius 3 is 2.16 bits per heavy atom. The van der Waals surface area contributed by atoms with Crippen LogP contribution in [0.4, 0.5) is 0 Å². The summed E-state index contributed by atoms with van der Waals surface area (Å²) in [4.78, 5) is 12.0. The molecule has 0 radical (unpaired) electrons. The molecule has 6 nitrogen and oxygen atoms in total. The summed E-state index contributed by atoms with van der Waals surface area (Å²) >= 11 is 0. The van der Waals surface area contributed by atoms with Crippen molar-refractivity contribution in [2.75, 3.05) is 19.3 Å². The van der Waals surface area contributed by atoms with Gasteiger partial charge in [-0.3, -0.25) is 4.79 Å². The zero-order valence-corrected chi connectivity index (χ0v) is 13.0. The summed E-state index contributed by atoms with van der Waals surface area (Å²) in [6, 6.07) is -0.542. The molecule has 1 amide bonds. The Bertz CT molecular complexity index is 420. The fourth-order valence-corrected chi connectivity index (χ4v) is 2.89. The van der Waals surface area contributed by atoms with Crippen molar-refractivity contribution in [3.63, 3.8) is 0 Å². The molecular formula is C12H25N3O3S. The molecule has 1 atom stereocenters. The molecule has 112 valence electrons. The predicted octanol–water partition coefficient (Wildman–Crippen LogP) is -0.1000. The zero-order valence-electron chi connectivity index (χ0n) is 12.1. The predicted molar refractivity (Wildman–Crippen MR) is 75.0 cm³/mol. The molecule has 1 heterocycles. The first-order chi connectivity index (χ1) is 8.51. The molecule has 0 aromatic heterocycles. The molecule has 0 bridgehead atoms. The van der Waals surface area contributed by atoms with E-state index >= 15 is 0 Å². The second-order valence-corrected chi connectivity index (χ2v) is 8.27. The van der Waals surface area contributed by atoms with Crippen LogP contribution in [0.3, 0.4) is 0 Å². The minimum atomic E-state index is -3.12. The molecule has 1 aliphatic heterocycles. The summed E-state index contributed by atoms with van der Waals surface area (Å²) in [6.45, 7) is 6.67. The molecule has 0 aliphatic carbocycles. The number of nitrogens with two attached hydrogens (primary N) is 1. The molecule has 3 N–H and O–H groups in total. The van der Waals surface area contributed by atoms with Gasteiger partial charge in [-0.15, -0.1) is 0 Å². The maximum atomic E-state index is 12.0. The fourth-order valence-electron chi connectivity index (χ4n) is 2.02. The minimum Gasteiger partial charge on any atom is -0.352 e. The van der Waals surface area contributed by atoms with Crippen LogP contribution < -0.4 is 11.1 Å². The van der Waals surface area contributed by atoms with Gasteiger partial charge in [0.25, 0.3) is 0 Å². The van der Waals surface area contributed by atoms with Crippen molar-refractivity contribution < 1.29 is 13.2 Å². The Labute approximate surface area is 115 Å². The van der Waals surface area contributed by atoms with E-state index in [9.17, 15) is 13.2 Å². The first-order valence-corrected chi connectivity index (χ1v) is 8.37. The van der Waals surface area contributed by atoms with Crippen molar-refractivity contribution in [2.45, 2.75) is 45.7 Å². The Morgan fingerprint density at radius 1 is 1.32 bits per heavy atom. The summed E-state index contributed by atoms with van der Waals surface area (Å²) < 4.78 is 24.2. The average Bonchev–Trinajstić information content (AvgIpc) is 2.26. The monoisotopic (exact) mass is 291 g/mol. The summed E-state index contributed by atoms with van der Waals surface area (Å²) in [5.41, 5.74) is 5.61. The highest BCUT2D eigenvalue weighted by atomic mass is 32.2. The average molecular weight is 291 g/mol. The van der Waals surface area contributed by atoms with Crippen LogP contribution >= 0.6 is 0 Å². The minimum absolute atomic E-state index is 0.0129. The summed E-state index contributed by atoms with van der Waals surface area (Å²) in [5.74, 6) is -0.162. The fraction of sp³-hybridized carbons (Fsp3) is 0.917. The van der Waals surface area contributed by atoms with Gasteiger partial charge in [-0.25, -0.2) is 12.7 Å². The third kappa shape index (κ3) is 4.74. The lowest BCUT2D eigenvalue weighted by Crippen LogP contribution is -2.53. The van der Waals surface area contributed by atoms with E-state index in [-0.39, 0.29) is 17.4 Å². The van der Waals surface area contributed by atoms with Crippen LogP contribution in [-0.2, 0) is 14.8 Å². The van der Waals surface area contributed by atoms with Gasteiger partial charge in [0.1, 0.15) is 0 Å². The van der Waals surface area contributed by atoms with E-state index in [4.69, 9.17) is 5.73 Å². The Hall–Kier alpha value is -0.660. The summed E-state index contributed by atoms with van der Waals surface area (Å²) in [5, 5.41) is 2.91. The molecule has 7 heteroatoms. The van der Waals surface area contributed by atoms with E-state index in [1.807, 2.05) is 20.8 Å². The molecule has 0 saturated carbocycles. The smallest absolute Gasteiger partial charge is 0.237 e. The molecule has 1 saturated heterocycles. The van der Waals surface area contributed by atoms with Gasteiger partial charge in [-0.05, 0) is 18.3 Å². The van der Waals surface area contributed by atoms with E-state index in [0.29, 0.717) is 25.9 Å². The van der Waals surface area contributed by atoms with Crippen LogP contribution in [0.2, 0.25) is 0 Å². The van der Waals surface area contributed by atoms with Crippen molar-refractivity contribution in [2.24, 2.45) is 11.1 Å². The lowest BCUT2D eigenvalue weighted by molar-refractivity contribution is -0.125. The van der Waals surface area contributed by atoms with Gasteiger partial charge in [-0.1, -0.05) is 20.8 Å². The third-order valence-electron chi connectivity index (χ3n) is 3.48. The highest BCUT2D eigenvalue weighted by Gasteiger charge is 2.31. The van der Waals surface area contributed by atoms with Gasteiger partial charge in [0, 0.05) is 19.1 Å². The molecule has 0 aromatic rings. The number of carbonyl (C=O) groups excluding carboxylic acids is 1. The normalized spacial score (nSPS) is 21.1. The molecule has 1 fully saturated rings. The van der Waals surface area contributed by atoms with Crippen LogP contribution in [-0.4, -0.2) is 50.1 Å². The van der Waals surface area contributed by atoms with Crippen molar-refractivity contribution >= 4 is 15.9 Å². The largest absolute Gasteiger partial charge is 0.352 e. The maximum Gasteiger partial charge on any atom is 0.237 e. The Morgan fingerprint density at radius 2 is 1.79 bits per heavy atom. The third-order valence-corrected chi connectivity index (χ3v) is 4.79. The highest BCUT2D eigenvalue weighted by Crippen LogP contribution is 2.18. The van der Waals surface area contributed by atoms with Gasteiger partial charge in [-0.2, -0.15) is 0 Å². The van der Waals surface area contributed by atoms with Crippen LogP contribution in [0.25, 0.3) is 0 Å². The van der Waals surface area contributed by atoms with Crippen LogP contribution in [0.15, 0.2) is 0 Å². The van der Waals surface area contributed by atoms with Crippen LogP contribution in [0, 0.1) is 5.41 Å². The van der Waals surface area contributed by atoms with Gasteiger partial charge >= 0.3 is 0 Å². The number of nitrogens with zero attached hydrogens (tertiary/aromatic N) is 1. The molecule has 1 unspecified atom stereocenters. The van der Waals surface area contributed by atoms with E-state index in [0.717, 1.165) is 0 Å². The topological polar surface area (TPSA) is 92.5 Å². The number of hydrogen-bond acceptors (Lipinski definition) is 4. The molecule has 1 aliphatic rings. The van der Waals surface area contributed by atoms with Crippen LogP contribution in [0.5, 0.6) is 0 Å². The van der Waals surface area contributed by atoms with Gasteiger partial charge in [0.05, 0.1) is 12.3 Å². The number of piperidine rings is 1. The van der Waals surface area contributed by atoms with E-state index in [1.54, 1.807) is 0 Å². The summed E-state index contributed by atoms with van der Waals surface area (Å²) in [7, 11) is -3.12. The van der Waals surface area contributed by atoms with Crippen LogP contribution in [0.1, 0.15) is 33.6 Å². The summed E-state index contributed by atoms with van der Waals surface area (Å²) in [6.07, 6.45) is 2.48. The molecule has 19 heavy (non-hydrogen) atoms. The van der Waals surface area contributed by atoms with E-state index < -0.39 is 16.1 Å².